The predicted molar refractivity (Wildman–Crippen MR) is 60.2 cm³/mol. The molecule has 3 heteroatoms. The van der Waals surface area contributed by atoms with Gasteiger partial charge in [-0.25, -0.2) is 0 Å². The van der Waals surface area contributed by atoms with Gasteiger partial charge in [0.15, 0.2) is 0 Å². The first-order valence-electron chi connectivity index (χ1n) is 5.33. The third kappa shape index (κ3) is 2.07. The third-order valence-electron chi connectivity index (χ3n) is 2.95. The molecule has 2 N–H and O–H groups in total. The SMILES string of the molecule is COc1cccc(N)c1C1CCOCC1. The van der Waals surface area contributed by atoms with Gasteiger partial charge in [-0.15, -0.1) is 0 Å². The van der Waals surface area contributed by atoms with E-state index in [4.69, 9.17) is 15.2 Å². The first kappa shape index (κ1) is 10.3. The fraction of sp³-hybridized carbons (Fsp3) is 0.500. The van der Waals surface area contributed by atoms with Crippen LogP contribution in [0.5, 0.6) is 5.75 Å². The number of ether oxygens (including phenoxy) is 2. The highest BCUT2D eigenvalue weighted by Gasteiger charge is 2.21. The zero-order valence-corrected chi connectivity index (χ0v) is 9.03. The minimum Gasteiger partial charge on any atom is -0.496 e. The van der Waals surface area contributed by atoms with E-state index in [9.17, 15) is 0 Å². The van der Waals surface area contributed by atoms with E-state index in [1.807, 2.05) is 18.2 Å². The molecule has 1 heterocycles. The lowest BCUT2D eigenvalue weighted by Gasteiger charge is -2.25. The minimum absolute atomic E-state index is 0.481. The number of nitrogens with two attached hydrogens (primary N) is 1. The molecule has 2 rings (SSSR count). The van der Waals surface area contributed by atoms with E-state index in [0.717, 1.165) is 43.1 Å². The molecule has 3 nitrogen and oxygen atoms in total. The molecule has 1 aromatic rings. The van der Waals surface area contributed by atoms with Gasteiger partial charge in [0.25, 0.3) is 0 Å². The van der Waals surface area contributed by atoms with Gasteiger partial charge in [0, 0.05) is 24.5 Å². The second-order valence-electron chi connectivity index (χ2n) is 3.85. The molecule has 15 heavy (non-hydrogen) atoms. The molecule has 82 valence electrons. The molecular weight excluding hydrogens is 190 g/mol. The Morgan fingerprint density at radius 3 is 2.73 bits per heavy atom. The molecule has 1 aliphatic heterocycles. The quantitative estimate of drug-likeness (QED) is 0.756. The van der Waals surface area contributed by atoms with E-state index < -0.39 is 0 Å². The van der Waals surface area contributed by atoms with Gasteiger partial charge in [-0.1, -0.05) is 6.07 Å². The fourth-order valence-corrected chi connectivity index (χ4v) is 2.16. The molecule has 0 unspecified atom stereocenters. The van der Waals surface area contributed by atoms with Gasteiger partial charge in [0.2, 0.25) is 0 Å². The number of methoxy groups -OCH3 is 1. The Morgan fingerprint density at radius 1 is 1.33 bits per heavy atom. The van der Waals surface area contributed by atoms with Crippen LogP contribution < -0.4 is 10.5 Å². The predicted octanol–water partition coefficient (Wildman–Crippen LogP) is 2.17. The normalized spacial score (nSPS) is 17.7. The Bertz CT molecular complexity index is 332. The van der Waals surface area contributed by atoms with Gasteiger partial charge in [-0.05, 0) is 30.9 Å². The summed E-state index contributed by atoms with van der Waals surface area (Å²) < 4.78 is 10.7. The summed E-state index contributed by atoms with van der Waals surface area (Å²) in [6.45, 7) is 1.64. The first-order chi connectivity index (χ1) is 7.33. The van der Waals surface area contributed by atoms with Crippen molar-refractivity contribution in [3.63, 3.8) is 0 Å². The average Bonchev–Trinajstić information content (AvgIpc) is 2.29. The number of anilines is 1. The van der Waals surface area contributed by atoms with Crippen LogP contribution in [0.3, 0.4) is 0 Å². The van der Waals surface area contributed by atoms with Crippen molar-refractivity contribution in [1.82, 2.24) is 0 Å². The van der Waals surface area contributed by atoms with Crippen molar-refractivity contribution in [3.05, 3.63) is 23.8 Å². The van der Waals surface area contributed by atoms with Crippen LogP contribution in [0.2, 0.25) is 0 Å². The molecule has 1 aromatic carbocycles. The lowest BCUT2D eigenvalue weighted by atomic mass is 9.90. The van der Waals surface area contributed by atoms with E-state index >= 15 is 0 Å². The van der Waals surface area contributed by atoms with Crippen molar-refractivity contribution in [3.8, 4) is 5.75 Å². The zero-order chi connectivity index (χ0) is 10.7. The molecule has 0 aliphatic carbocycles. The Labute approximate surface area is 90.2 Å². The van der Waals surface area contributed by atoms with Crippen molar-refractivity contribution >= 4 is 5.69 Å². The summed E-state index contributed by atoms with van der Waals surface area (Å²) in [4.78, 5) is 0. The topological polar surface area (TPSA) is 44.5 Å². The molecule has 0 radical (unpaired) electrons. The molecule has 0 spiro atoms. The van der Waals surface area contributed by atoms with Crippen LogP contribution in [0.4, 0.5) is 5.69 Å². The van der Waals surface area contributed by atoms with Gasteiger partial charge in [-0.2, -0.15) is 0 Å². The molecule has 0 aromatic heterocycles. The third-order valence-corrected chi connectivity index (χ3v) is 2.95. The molecule has 1 saturated heterocycles. The summed E-state index contributed by atoms with van der Waals surface area (Å²) >= 11 is 0. The van der Waals surface area contributed by atoms with Gasteiger partial charge in [0.1, 0.15) is 5.75 Å². The molecule has 0 bridgehead atoms. The number of nitrogen functional groups attached to an aromatic ring is 1. The maximum Gasteiger partial charge on any atom is 0.124 e. The van der Waals surface area contributed by atoms with Gasteiger partial charge < -0.3 is 15.2 Å². The number of hydrogen-bond acceptors (Lipinski definition) is 3. The molecule has 0 amide bonds. The monoisotopic (exact) mass is 207 g/mol. The molecule has 1 aliphatic rings. The highest BCUT2D eigenvalue weighted by molar-refractivity contribution is 5.56. The van der Waals surface area contributed by atoms with Crippen molar-refractivity contribution in [1.29, 1.82) is 0 Å². The zero-order valence-electron chi connectivity index (χ0n) is 9.03. The van der Waals surface area contributed by atoms with Gasteiger partial charge in [-0.3, -0.25) is 0 Å². The smallest absolute Gasteiger partial charge is 0.124 e. The van der Waals surface area contributed by atoms with Crippen LogP contribution in [0.25, 0.3) is 0 Å². The highest BCUT2D eigenvalue weighted by Crippen LogP contribution is 2.37. The van der Waals surface area contributed by atoms with Crippen LogP contribution in [-0.4, -0.2) is 20.3 Å². The lowest BCUT2D eigenvalue weighted by Crippen LogP contribution is -2.16. The number of benzene rings is 1. The molecule has 0 saturated carbocycles. The van der Waals surface area contributed by atoms with Crippen LogP contribution in [0, 0.1) is 0 Å². The van der Waals surface area contributed by atoms with E-state index in [1.54, 1.807) is 7.11 Å². The maximum atomic E-state index is 6.01. The average molecular weight is 207 g/mol. The maximum absolute atomic E-state index is 6.01. The summed E-state index contributed by atoms with van der Waals surface area (Å²) in [5.74, 6) is 1.39. The fourth-order valence-electron chi connectivity index (χ4n) is 2.16. The molecular formula is C12H17NO2. The second kappa shape index (κ2) is 4.53. The van der Waals surface area contributed by atoms with E-state index in [1.165, 1.54) is 0 Å². The van der Waals surface area contributed by atoms with Crippen LogP contribution in [0.15, 0.2) is 18.2 Å². The van der Waals surface area contributed by atoms with Crippen molar-refractivity contribution in [2.75, 3.05) is 26.1 Å². The summed E-state index contributed by atoms with van der Waals surface area (Å²) in [5, 5.41) is 0. The summed E-state index contributed by atoms with van der Waals surface area (Å²) in [6.07, 6.45) is 2.06. The molecule has 0 atom stereocenters. The Kier molecular flexibility index (Phi) is 3.11. The van der Waals surface area contributed by atoms with Crippen molar-refractivity contribution < 1.29 is 9.47 Å². The van der Waals surface area contributed by atoms with E-state index in [-0.39, 0.29) is 0 Å². The number of rotatable bonds is 2. The minimum atomic E-state index is 0.481. The van der Waals surface area contributed by atoms with Crippen LogP contribution >= 0.6 is 0 Å². The molecule has 1 fully saturated rings. The summed E-state index contributed by atoms with van der Waals surface area (Å²) in [7, 11) is 1.69. The van der Waals surface area contributed by atoms with Crippen LogP contribution in [-0.2, 0) is 4.74 Å². The summed E-state index contributed by atoms with van der Waals surface area (Å²) in [6, 6.07) is 5.84. The van der Waals surface area contributed by atoms with E-state index in [0.29, 0.717) is 5.92 Å². The lowest BCUT2D eigenvalue weighted by molar-refractivity contribution is 0.0849. The van der Waals surface area contributed by atoms with Crippen molar-refractivity contribution in [2.24, 2.45) is 0 Å². The van der Waals surface area contributed by atoms with Crippen molar-refractivity contribution in [2.45, 2.75) is 18.8 Å². The highest BCUT2D eigenvalue weighted by atomic mass is 16.5. The largest absolute Gasteiger partial charge is 0.496 e. The second-order valence-corrected chi connectivity index (χ2v) is 3.85. The number of hydrogen-bond donors (Lipinski definition) is 1. The Balaban J connectivity index is 2.31. The van der Waals surface area contributed by atoms with Gasteiger partial charge in [0.05, 0.1) is 7.11 Å². The Hall–Kier alpha value is -1.22. The summed E-state index contributed by atoms with van der Waals surface area (Å²) in [5.41, 5.74) is 8.00. The standard InChI is InChI=1S/C12H17NO2/c1-14-11-4-2-3-10(13)12(11)9-5-7-15-8-6-9/h2-4,9H,5-8,13H2,1H3. The first-order valence-corrected chi connectivity index (χ1v) is 5.33. The van der Waals surface area contributed by atoms with Gasteiger partial charge >= 0.3 is 0 Å². The van der Waals surface area contributed by atoms with Crippen LogP contribution in [0.1, 0.15) is 24.3 Å². The van der Waals surface area contributed by atoms with E-state index in [2.05, 4.69) is 0 Å². The Morgan fingerprint density at radius 2 is 2.07 bits per heavy atom.